The molecule has 0 radical (unpaired) electrons. The molecule has 210 valence electrons. The molecular weight excluding hydrogens is 534 g/mol. The van der Waals surface area contributed by atoms with Crippen LogP contribution < -0.4 is 4.90 Å². The monoisotopic (exact) mass is 565 g/mol. The second kappa shape index (κ2) is 11.2. The minimum atomic E-state index is 0.916. The first-order valence-corrected chi connectivity index (χ1v) is 15.2. The fraction of sp³-hybridized carbons (Fsp3) is 0.0476. The molecule has 0 spiro atoms. The lowest BCUT2D eigenvalue weighted by Gasteiger charge is -2.30. The van der Waals surface area contributed by atoms with Crippen LogP contribution in [0, 0.1) is 0 Å². The lowest BCUT2D eigenvalue weighted by Crippen LogP contribution is -2.12. The highest BCUT2D eigenvalue weighted by Crippen LogP contribution is 2.47. The molecule has 0 bridgehead atoms. The maximum absolute atomic E-state index is 6.56. The minimum absolute atomic E-state index is 0.916. The van der Waals surface area contributed by atoms with Gasteiger partial charge < -0.3 is 9.32 Å². The quantitative estimate of drug-likeness (QED) is 0.199. The second-order valence-corrected chi connectivity index (χ2v) is 11.2. The summed E-state index contributed by atoms with van der Waals surface area (Å²) in [4.78, 5) is 2.40. The van der Waals surface area contributed by atoms with Crippen LogP contribution in [0.5, 0.6) is 0 Å². The SMILES string of the molecule is C1=Cc2c(oc3cc(N(c4ccc(-c5ccccc5)cc4)c4ccccc4-c4ccccc4)c(-c4ccccc4)cc23)CC1. The normalized spacial score (nSPS) is 12.3. The Morgan fingerprint density at radius 2 is 1.09 bits per heavy atom. The van der Waals surface area contributed by atoms with E-state index in [4.69, 9.17) is 4.42 Å². The van der Waals surface area contributed by atoms with Crippen molar-refractivity contribution in [1.29, 1.82) is 0 Å². The Morgan fingerprint density at radius 1 is 0.500 bits per heavy atom. The molecule has 2 nitrogen and oxygen atoms in total. The molecule has 1 aromatic heterocycles. The summed E-state index contributed by atoms with van der Waals surface area (Å²) in [5, 5.41) is 1.16. The highest BCUT2D eigenvalue weighted by atomic mass is 16.3. The van der Waals surface area contributed by atoms with E-state index in [-0.39, 0.29) is 0 Å². The Morgan fingerprint density at radius 3 is 1.80 bits per heavy atom. The molecule has 1 heterocycles. The Hall–Kier alpha value is -5.60. The van der Waals surface area contributed by atoms with Crippen molar-refractivity contribution in [1.82, 2.24) is 0 Å². The smallest absolute Gasteiger partial charge is 0.137 e. The number of benzene rings is 6. The third-order valence-electron chi connectivity index (χ3n) is 8.53. The van der Waals surface area contributed by atoms with E-state index in [2.05, 4.69) is 169 Å². The first-order valence-electron chi connectivity index (χ1n) is 15.2. The molecule has 1 aliphatic rings. The second-order valence-electron chi connectivity index (χ2n) is 11.2. The predicted octanol–water partition coefficient (Wildman–Crippen LogP) is 11.9. The van der Waals surface area contributed by atoms with E-state index in [1.807, 2.05) is 0 Å². The summed E-state index contributed by atoms with van der Waals surface area (Å²) >= 11 is 0. The summed E-state index contributed by atoms with van der Waals surface area (Å²) in [5.74, 6) is 1.07. The maximum Gasteiger partial charge on any atom is 0.137 e. The molecule has 0 atom stereocenters. The third kappa shape index (κ3) is 4.71. The van der Waals surface area contributed by atoms with Crippen molar-refractivity contribution in [2.45, 2.75) is 12.8 Å². The van der Waals surface area contributed by atoms with Gasteiger partial charge in [0.1, 0.15) is 11.3 Å². The molecule has 0 saturated heterocycles. The number of anilines is 3. The van der Waals surface area contributed by atoms with Gasteiger partial charge in [-0.25, -0.2) is 0 Å². The fourth-order valence-electron chi connectivity index (χ4n) is 6.39. The van der Waals surface area contributed by atoms with Crippen molar-refractivity contribution in [3.63, 3.8) is 0 Å². The molecule has 6 aromatic carbocycles. The van der Waals surface area contributed by atoms with E-state index in [1.54, 1.807) is 0 Å². The van der Waals surface area contributed by atoms with Crippen LogP contribution in [0.15, 0.2) is 162 Å². The van der Waals surface area contributed by atoms with Gasteiger partial charge in [-0.2, -0.15) is 0 Å². The number of hydrogen-bond acceptors (Lipinski definition) is 2. The van der Waals surface area contributed by atoms with Crippen LogP contribution >= 0.6 is 0 Å². The van der Waals surface area contributed by atoms with E-state index in [0.717, 1.165) is 52.2 Å². The minimum Gasteiger partial charge on any atom is -0.460 e. The number of aryl methyl sites for hydroxylation is 1. The van der Waals surface area contributed by atoms with Gasteiger partial charge in [-0.3, -0.25) is 0 Å². The zero-order valence-corrected chi connectivity index (χ0v) is 24.4. The molecule has 0 amide bonds. The van der Waals surface area contributed by atoms with Gasteiger partial charge in [0.05, 0.1) is 11.4 Å². The van der Waals surface area contributed by atoms with Gasteiger partial charge in [0, 0.05) is 40.3 Å². The zero-order chi connectivity index (χ0) is 29.3. The van der Waals surface area contributed by atoms with Crippen LogP contribution in [-0.2, 0) is 6.42 Å². The van der Waals surface area contributed by atoms with Gasteiger partial charge in [-0.1, -0.05) is 133 Å². The topological polar surface area (TPSA) is 16.4 Å². The van der Waals surface area contributed by atoms with Gasteiger partial charge in [0.15, 0.2) is 0 Å². The number of rotatable bonds is 6. The van der Waals surface area contributed by atoms with Crippen molar-refractivity contribution in [3.05, 3.63) is 169 Å². The summed E-state index contributed by atoms with van der Waals surface area (Å²) in [6.45, 7) is 0. The van der Waals surface area contributed by atoms with Crippen LogP contribution in [-0.4, -0.2) is 0 Å². The van der Waals surface area contributed by atoms with Crippen LogP contribution in [0.3, 0.4) is 0 Å². The summed E-state index contributed by atoms with van der Waals surface area (Å²) < 4.78 is 6.56. The van der Waals surface area contributed by atoms with Crippen molar-refractivity contribution < 1.29 is 4.42 Å². The number of allylic oxidation sites excluding steroid dienone is 1. The number of furan rings is 1. The lowest BCUT2D eigenvalue weighted by atomic mass is 9.95. The molecule has 2 heteroatoms. The molecule has 8 rings (SSSR count). The molecule has 0 unspecified atom stereocenters. The van der Waals surface area contributed by atoms with Crippen molar-refractivity contribution in [2.75, 3.05) is 4.90 Å². The van der Waals surface area contributed by atoms with Crippen molar-refractivity contribution in [3.8, 4) is 33.4 Å². The molecule has 0 N–H and O–H groups in total. The van der Waals surface area contributed by atoms with E-state index >= 15 is 0 Å². The van der Waals surface area contributed by atoms with Crippen LogP contribution in [0.2, 0.25) is 0 Å². The van der Waals surface area contributed by atoms with Crippen LogP contribution in [0.25, 0.3) is 50.4 Å². The first kappa shape index (κ1) is 26.1. The molecule has 44 heavy (non-hydrogen) atoms. The third-order valence-corrected chi connectivity index (χ3v) is 8.53. The van der Waals surface area contributed by atoms with Crippen LogP contribution in [0.1, 0.15) is 17.7 Å². The van der Waals surface area contributed by atoms with Crippen LogP contribution in [0.4, 0.5) is 17.1 Å². The maximum atomic E-state index is 6.56. The van der Waals surface area contributed by atoms with Gasteiger partial charge in [-0.05, 0) is 52.9 Å². The van der Waals surface area contributed by atoms with Gasteiger partial charge in [-0.15, -0.1) is 0 Å². The van der Waals surface area contributed by atoms with E-state index < -0.39 is 0 Å². The highest BCUT2D eigenvalue weighted by Gasteiger charge is 2.24. The van der Waals surface area contributed by atoms with Gasteiger partial charge in [0.2, 0.25) is 0 Å². The molecule has 0 aliphatic heterocycles. The average Bonchev–Trinajstić information content (AvgIpc) is 3.47. The van der Waals surface area contributed by atoms with Crippen molar-refractivity contribution in [2.24, 2.45) is 0 Å². The summed E-state index contributed by atoms with van der Waals surface area (Å²) in [5.41, 5.74) is 12.5. The Bertz CT molecular complexity index is 2090. The zero-order valence-electron chi connectivity index (χ0n) is 24.4. The fourth-order valence-corrected chi connectivity index (χ4v) is 6.39. The van der Waals surface area contributed by atoms with Crippen molar-refractivity contribution >= 4 is 34.1 Å². The summed E-state index contributed by atoms with van der Waals surface area (Å²) in [6, 6.07) is 54.1. The average molecular weight is 566 g/mol. The number of hydrogen-bond donors (Lipinski definition) is 0. The summed E-state index contributed by atoms with van der Waals surface area (Å²) in [7, 11) is 0. The summed E-state index contributed by atoms with van der Waals surface area (Å²) in [6.07, 6.45) is 6.42. The highest BCUT2D eigenvalue weighted by molar-refractivity contribution is 6.01. The molecule has 7 aromatic rings. The van der Waals surface area contributed by atoms with Gasteiger partial charge in [0.25, 0.3) is 0 Å². The Balaban J connectivity index is 1.40. The lowest BCUT2D eigenvalue weighted by molar-refractivity contribution is 0.546. The molecule has 0 saturated carbocycles. The molecule has 0 fully saturated rings. The largest absolute Gasteiger partial charge is 0.460 e. The van der Waals surface area contributed by atoms with Gasteiger partial charge >= 0.3 is 0 Å². The predicted molar refractivity (Wildman–Crippen MR) is 185 cm³/mol. The first-order chi connectivity index (χ1) is 21.8. The standard InChI is InChI=1S/C42H31NO/c1-4-14-30(15-5-1)31-24-26-34(27-25-31)43(39-22-12-10-20-35(39)32-16-6-2-7-17-32)40-29-42-38(36-21-11-13-23-41(36)44-42)28-37(40)33-18-8-3-9-19-33/h1-12,14-22,24-29H,13,23H2. The molecule has 1 aliphatic carbocycles. The Labute approximate surface area is 258 Å². The molecular formula is C42H31NO. The number of nitrogens with zero attached hydrogens (tertiary/aromatic N) is 1. The Kier molecular flexibility index (Phi) is 6.66. The number of para-hydroxylation sites is 1. The van der Waals surface area contributed by atoms with E-state index in [0.29, 0.717) is 0 Å². The van der Waals surface area contributed by atoms with E-state index in [1.165, 1.54) is 33.4 Å². The van der Waals surface area contributed by atoms with E-state index in [9.17, 15) is 0 Å². The number of fused-ring (bicyclic) bond motifs is 3.